The van der Waals surface area contributed by atoms with Crippen LogP contribution in [-0.2, 0) is 14.4 Å². The van der Waals surface area contributed by atoms with E-state index in [1.807, 2.05) is 0 Å². The highest BCUT2D eigenvalue weighted by Gasteiger charge is 2.26. The first-order chi connectivity index (χ1) is 14.0. The summed E-state index contributed by atoms with van der Waals surface area (Å²) in [6, 6.07) is 13.7. The maximum atomic E-state index is 12.2. The lowest BCUT2D eigenvalue weighted by atomic mass is 10.1. The molecule has 9 heteroatoms. The van der Waals surface area contributed by atoms with E-state index >= 15 is 0 Å². The summed E-state index contributed by atoms with van der Waals surface area (Å²) in [4.78, 5) is 36.2. The molecule has 1 fully saturated rings. The van der Waals surface area contributed by atoms with Gasteiger partial charge in [-0.15, -0.1) is 0 Å². The Balaban J connectivity index is 1.70. The standard InChI is InChI=1S/C20H17N3O5S/c1-27-14-7-4-6-13(10-14)21-17(24)11-28-16-8-3-2-5-12(16)9-15-18(25)22-20(29)23-19(15)26/h2-10H,11H2,1H3,(H,21,24)(H2,22,23,25,26,29). The van der Waals surface area contributed by atoms with Crippen LogP contribution in [0, 0.1) is 0 Å². The van der Waals surface area contributed by atoms with Gasteiger partial charge < -0.3 is 14.8 Å². The fraction of sp³-hybridized carbons (Fsp3) is 0.100. The predicted molar refractivity (Wildman–Crippen MR) is 110 cm³/mol. The van der Waals surface area contributed by atoms with E-state index in [0.717, 1.165) is 0 Å². The average molecular weight is 411 g/mol. The van der Waals surface area contributed by atoms with Gasteiger partial charge in [0.15, 0.2) is 11.7 Å². The molecule has 8 nitrogen and oxygen atoms in total. The summed E-state index contributed by atoms with van der Waals surface area (Å²) in [5.41, 5.74) is 0.921. The summed E-state index contributed by atoms with van der Waals surface area (Å²) >= 11 is 4.77. The molecular weight excluding hydrogens is 394 g/mol. The molecule has 0 radical (unpaired) electrons. The number of methoxy groups -OCH3 is 1. The molecule has 3 N–H and O–H groups in total. The first-order valence-electron chi connectivity index (χ1n) is 8.50. The zero-order valence-electron chi connectivity index (χ0n) is 15.4. The van der Waals surface area contributed by atoms with Gasteiger partial charge in [0.05, 0.1) is 7.11 Å². The van der Waals surface area contributed by atoms with Crippen LogP contribution >= 0.6 is 12.2 Å². The van der Waals surface area contributed by atoms with Crippen molar-refractivity contribution < 1.29 is 23.9 Å². The number of carbonyl (C=O) groups is 3. The third kappa shape index (κ3) is 5.17. The smallest absolute Gasteiger partial charge is 0.263 e. The van der Waals surface area contributed by atoms with Crippen LogP contribution < -0.4 is 25.4 Å². The number of ether oxygens (including phenoxy) is 2. The Bertz CT molecular complexity index is 997. The first kappa shape index (κ1) is 20.0. The number of para-hydroxylation sites is 1. The minimum absolute atomic E-state index is 0.0455. The lowest BCUT2D eigenvalue weighted by Gasteiger charge is -2.17. The summed E-state index contributed by atoms with van der Waals surface area (Å²) in [5, 5.41) is 7.39. The Labute approximate surface area is 171 Å². The average Bonchev–Trinajstić information content (AvgIpc) is 2.70. The molecule has 0 aliphatic carbocycles. The van der Waals surface area contributed by atoms with E-state index < -0.39 is 11.8 Å². The van der Waals surface area contributed by atoms with E-state index in [9.17, 15) is 14.4 Å². The number of thiocarbonyl (C=S) groups is 1. The summed E-state index contributed by atoms with van der Waals surface area (Å²) in [7, 11) is 1.54. The van der Waals surface area contributed by atoms with Crippen LogP contribution in [0.4, 0.5) is 5.69 Å². The van der Waals surface area contributed by atoms with Crippen LogP contribution in [0.25, 0.3) is 6.08 Å². The number of anilines is 1. The summed E-state index contributed by atoms with van der Waals surface area (Å²) < 4.78 is 10.7. The zero-order chi connectivity index (χ0) is 20.8. The number of amides is 3. The lowest BCUT2D eigenvalue weighted by molar-refractivity contribution is -0.123. The number of nitrogens with one attached hydrogen (secondary N) is 3. The topological polar surface area (TPSA) is 106 Å². The number of hydrogen-bond acceptors (Lipinski definition) is 6. The van der Waals surface area contributed by atoms with E-state index in [2.05, 4.69) is 16.0 Å². The molecule has 0 unspecified atom stereocenters. The molecule has 1 heterocycles. The highest BCUT2D eigenvalue weighted by molar-refractivity contribution is 7.80. The second-order valence-corrected chi connectivity index (χ2v) is 6.31. The van der Waals surface area contributed by atoms with E-state index in [1.54, 1.807) is 48.5 Å². The first-order valence-corrected chi connectivity index (χ1v) is 8.91. The number of hydrogen-bond donors (Lipinski definition) is 3. The quantitative estimate of drug-likeness (QED) is 0.379. The molecule has 148 valence electrons. The largest absolute Gasteiger partial charge is 0.497 e. The van der Waals surface area contributed by atoms with E-state index in [0.29, 0.717) is 22.7 Å². The van der Waals surface area contributed by atoms with Gasteiger partial charge in [-0.3, -0.25) is 25.0 Å². The highest BCUT2D eigenvalue weighted by Crippen LogP contribution is 2.22. The van der Waals surface area contributed by atoms with Crippen LogP contribution in [-0.4, -0.2) is 36.6 Å². The second-order valence-electron chi connectivity index (χ2n) is 5.90. The molecule has 0 bridgehead atoms. The number of benzene rings is 2. The van der Waals surface area contributed by atoms with Crippen molar-refractivity contribution in [1.82, 2.24) is 10.6 Å². The Hall–Kier alpha value is -3.72. The maximum Gasteiger partial charge on any atom is 0.263 e. The Kier molecular flexibility index (Phi) is 6.20. The van der Waals surface area contributed by atoms with Crippen molar-refractivity contribution in [2.75, 3.05) is 19.0 Å². The summed E-state index contributed by atoms with van der Waals surface area (Å²) in [6.45, 7) is -0.264. The van der Waals surface area contributed by atoms with E-state index in [-0.39, 0.29) is 23.2 Å². The van der Waals surface area contributed by atoms with Gasteiger partial charge in [0.1, 0.15) is 17.1 Å². The molecule has 0 saturated carbocycles. The van der Waals surface area contributed by atoms with E-state index in [4.69, 9.17) is 21.7 Å². The van der Waals surface area contributed by atoms with Gasteiger partial charge in [0.2, 0.25) is 0 Å². The fourth-order valence-corrected chi connectivity index (χ4v) is 2.72. The molecule has 0 atom stereocenters. The van der Waals surface area contributed by atoms with Gasteiger partial charge in [-0.25, -0.2) is 0 Å². The molecule has 0 aromatic heterocycles. The molecule has 1 aliphatic heterocycles. The van der Waals surface area contributed by atoms with Crippen LogP contribution in [0.2, 0.25) is 0 Å². The van der Waals surface area contributed by atoms with Crippen molar-refractivity contribution in [3.8, 4) is 11.5 Å². The third-order valence-electron chi connectivity index (χ3n) is 3.87. The highest BCUT2D eigenvalue weighted by atomic mass is 32.1. The molecule has 1 saturated heterocycles. The van der Waals surface area contributed by atoms with Crippen molar-refractivity contribution in [3.05, 3.63) is 59.7 Å². The van der Waals surface area contributed by atoms with Crippen molar-refractivity contribution in [1.29, 1.82) is 0 Å². The van der Waals surface area contributed by atoms with Crippen molar-refractivity contribution in [2.24, 2.45) is 0 Å². The van der Waals surface area contributed by atoms with Gasteiger partial charge in [0, 0.05) is 17.3 Å². The minimum atomic E-state index is -0.607. The van der Waals surface area contributed by atoms with Crippen molar-refractivity contribution in [2.45, 2.75) is 0 Å². The Morgan fingerprint density at radius 3 is 2.55 bits per heavy atom. The SMILES string of the molecule is COc1cccc(NC(=O)COc2ccccc2C=C2C(=O)NC(=S)NC2=O)c1. The molecule has 29 heavy (non-hydrogen) atoms. The Morgan fingerprint density at radius 2 is 1.83 bits per heavy atom. The monoisotopic (exact) mass is 411 g/mol. The van der Waals surface area contributed by atoms with Gasteiger partial charge in [-0.05, 0) is 36.5 Å². The molecule has 2 aromatic rings. The maximum absolute atomic E-state index is 12.2. The van der Waals surface area contributed by atoms with Gasteiger partial charge in [-0.1, -0.05) is 24.3 Å². The predicted octanol–water partition coefficient (Wildman–Crippen LogP) is 1.63. The van der Waals surface area contributed by atoms with E-state index in [1.165, 1.54) is 13.2 Å². The normalized spacial score (nSPS) is 13.3. The zero-order valence-corrected chi connectivity index (χ0v) is 16.2. The fourth-order valence-electron chi connectivity index (χ4n) is 2.53. The van der Waals surface area contributed by atoms with Crippen molar-refractivity contribution in [3.63, 3.8) is 0 Å². The molecule has 2 aromatic carbocycles. The van der Waals surface area contributed by atoms with Crippen LogP contribution in [0.15, 0.2) is 54.1 Å². The van der Waals surface area contributed by atoms with Crippen LogP contribution in [0.5, 0.6) is 11.5 Å². The van der Waals surface area contributed by atoms with Crippen LogP contribution in [0.1, 0.15) is 5.56 Å². The molecule has 0 spiro atoms. The number of rotatable bonds is 6. The minimum Gasteiger partial charge on any atom is -0.497 e. The summed E-state index contributed by atoms with van der Waals surface area (Å²) in [5.74, 6) is -0.633. The van der Waals surface area contributed by atoms with Gasteiger partial charge in [-0.2, -0.15) is 0 Å². The molecule has 1 aliphatic rings. The van der Waals surface area contributed by atoms with Crippen molar-refractivity contribution >= 4 is 46.8 Å². The Morgan fingerprint density at radius 1 is 1.10 bits per heavy atom. The van der Waals surface area contributed by atoms with Gasteiger partial charge >= 0.3 is 0 Å². The molecule has 3 amide bonds. The third-order valence-corrected chi connectivity index (χ3v) is 4.08. The number of carbonyl (C=O) groups excluding carboxylic acids is 3. The lowest BCUT2D eigenvalue weighted by Crippen LogP contribution is -2.51. The molecule has 3 rings (SSSR count). The second kappa shape index (κ2) is 8.98. The van der Waals surface area contributed by atoms with Gasteiger partial charge in [0.25, 0.3) is 17.7 Å². The molecular formula is C20H17N3O5S. The summed E-state index contributed by atoms with van der Waals surface area (Å²) in [6.07, 6.45) is 1.38. The van der Waals surface area contributed by atoms with Crippen LogP contribution in [0.3, 0.4) is 0 Å².